The van der Waals surface area contributed by atoms with E-state index in [1.807, 2.05) is 0 Å². The Morgan fingerprint density at radius 3 is 2.53 bits per heavy atom. The number of benzene rings is 1. The maximum Gasteiger partial charge on any atom is 0.414 e. The Bertz CT molecular complexity index is 455. The van der Waals surface area contributed by atoms with Crippen molar-refractivity contribution in [2.75, 3.05) is 5.32 Å². The van der Waals surface area contributed by atoms with E-state index in [1.54, 1.807) is 24.3 Å². The zero-order valence-electron chi connectivity index (χ0n) is 8.80. The minimum atomic E-state index is -0.771. The first-order chi connectivity index (χ1) is 8.19. The van der Waals surface area contributed by atoms with Crippen molar-refractivity contribution in [2.24, 2.45) is 0 Å². The number of amides is 3. The molecule has 1 aromatic rings. The van der Waals surface area contributed by atoms with Gasteiger partial charge in [-0.25, -0.2) is 4.79 Å². The van der Waals surface area contributed by atoms with Gasteiger partial charge in [0, 0.05) is 12.1 Å². The Morgan fingerprint density at radius 1 is 1.29 bits per heavy atom. The molecule has 0 spiro atoms. The number of hydrogen-bond donors (Lipinski definition) is 2. The fourth-order valence-electron chi connectivity index (χ4n) is 1.55. The number of carbonyl (C=O) groups is 3. The Hall–Kier alpha value is -2.37. The largest absolute Gasteiger partial charge is 0.435 e. The molecule has 0 saturated carbocycles. The van der Waals surface area contributed by atoms with Crippen LogP contribution in [0.3, 0.4) is 0 Å². The van der Waals surface area contributed by atoms with Gasteiger partial charge in [0.1, 0.15) is 0 Å². The summed E-state index contributed by atoms with van der Waals surface area (Å²) in [5, 5.41) is 4.56. The SMILES string of the molecule is O=CNc1ccc(CC2OC(=O)NC2=O)cc1. The molecule has 88 valence electrons. The highest BCUT2D eigenvalue weighted by molar-refractivity contribution is 6.00. The third kappa shape index (κ3) is 2.60. The van der Waals surface area contributed by atoms with Gasteiger partial charge in [0.25, 0.3) is 5.91 Å². The quantitative estimate of drug-likeness (QED) is 0.740. The van der Waals surface area contributed by atoms with E-state index in [4.69, 9.17) is 4.74 Å². The summed E-state index contributed by atoms with van der Waals surface area (Å²) in [6.07, 6.45) is -0.577. The first-order valence-electron chi connectivity index (χ1n) is 4.99. The van der Waals surface area contributed by atoms with Gasteiger partial charge in [-0.3, -0.25) is 14.9 Å². The number of hydrogen-bond acceptors (Lipinski definition) is 4. The first-order valence-corrected chi connectivity index (χ1v) is 4.99. The molecule has 1 unspecified atom stereocenters. The highest BCUT2D eigenvalue weighted by atomic mass is 16.6. The van der Waals surface area contributed by atoms with Crippen molar-refractivity contribution in [3.05, 3.63) is 29.8 Å². The predicted molar refractivity (Wildman–Crippen MR) is 58.2 cm³/mol. The van der Waals surface area contributed by atoms with E-state index in [0.29, 0.717) is 18.5 Å². The number of anilines is 1. The molecule has 1 fully saturated rings. The number of alkyl carbamates (subject to hydrolysis) is 1. The van der Waals surface area contributed by atoms with E-state index in [9.17, 15) is 14.4 Å². The summed E-state index contributed by atoms with van der Waals surface area (Å²) >= 11 is 0. The van der Waals surface area contributed by atoms with Gasteiger partial charge >= 0.3 is 6.09 Å². The minimum absolute atomic E-state index is 0.318. The monoisotopic (exact) mass is 234 g/mol. The highest BCUT2D eigenvalue weighted by Crippen LogP contribution is 2.13. The molecule has 6 nitrogen and oxygen atoms in total. The molecule has 1 heterocycles. The number of ether oxygens (including phenoxy) is 1. The van der Waals surface area contributed by atoms with Gasteiger partial charge < -0.3 is 10.1 Å². The van der Waals surface area contributed by atoms with E-state index >= 15 is 0 Å². The van der Waals surface area contributed by atoms with Crippen LogP contribution in [-0.2, 0) is 20.7 Å². The third-order valence-electron chi connectivity index (χ3n) is 2.37. The summed E-state index contributed by atoms with van der Waals surface area (Å²) in [4.78, 5) is 32.2. The zero-order valence-corrected chi connectivity index (χ0v) is 8.80. The average Bonchev–Trinajstić information content (AvgIpc) is 2.61. The molecule has 17 heavy (non-hydrogen) atoms. The summed E-state index contributed by atoms with van der Waals surface area (Å²) < 4.78 is 4.78. The number of imide groups is 1. The number of cyclic esters (lactones) is 1. The highest BCUT2D eigenvalue weighted by Gasteiger charge is 2.31. The van der Waals surface area contributed by atoms with Gasteiger partial charge in [0.15, 0.2) is 6.10 Å². The molecule has 1 aromatic carbocycles. The molecule has 0 bridgehead atoms. The van der Waals surface area contributed by atoms with Gasteiger partial charge in [-0.05, 0) is 17.7 Å². The summed E-state index contributed by atoms with van der Waals surface area (Å²) in [5.74, 6) is -0.426. The average molecular weight is 234 g/mol. The van der Waals surface area contributed by atoms with Crippen molar-refractivity contribution >= 4 is 24.1 Å². The Balaban J connectivity index is 2.01. The maximum absolute atomic E-state index is 11.2. The van der Waals surface area contributed by atoms with Crippen LogP contribution in [-0.4, -0.2) is 24.5 Å². The van der Waals surface area contributed by atoms with Crippen molar-refractivity contribution in [1.82, 2.24) is 5.32 Å². The predicted octanol–water partition coefficient (Wildman–Crippen LogP) is 0.432. The molecule has 6 heteroatoms. The molecule has 0 aromatic heterocycles. The molecule has 1 aliphatic rings. The van der Waals surface area contributed by atoms with E-state index < -0.39 is 18.1 Å². The van der Waals surface area contributed by atoms with E-state index in [-0.39, 0.29) is 0 Å². The van der Waals surface area contributed by atoms with Crippen LogP contribution in [0.1, 0.15) is 5.56 Å². The lowest BCUT2D eigenvalue weighted by Crippen LogP contribution is -2.25. The fraction of sp³-hybridized carbons (Fsp3) is 0.182. The van der Waals surface area contributed by atoms with Crippen LogP contribution >= 0.6 is 0 Å². The maximum atomic E-state index is 11.2. The smallest absolute Gasteiger partial charge is 0.414 e. The van der Waals surface area contributed by atoms with E-state index in [2.05, 4.69) is 10.6 Å². The lowest BCUT2D eigenvalue weighted by molar-refractivity contribution is -0.123. The molecule has 3 amide bonds. The van der Waals surface area contributed by atoms with Crippen molar-refractivity contribution in [1.29, 1.82) is 0 Å². The van der Waals surface area contributed by atoms with Crippen molar-refractivity contribution in [3.8, 4) is 0 Å². The molecule has 2 N–H and O–H groups in total. The van der Waals surface area contributed by atoms with E-state index in [0.717, 1.165) is 5.56 Å². The van der Waals surface area contributed by atoms with Crippen LogP contribution in [0.2, 0.25) is 0 Å². The molecule has 2 rings (SSSR count). The van der Waals surface area contributed by atoms with Crippen LogP contribution in [0.5, 0.6) is 0 Å². The molecular formula is C11H10N2O4. The topological polar surface area (TPSA) is 84.5 Å². The lowest BCUT2D eigenvalue weighted by atomic mass is 10.1. The molecule has 1 atom stereocenters. The Morgan fingerprint density at radius 2 is 2.00 bits per heavy atom. The lowest BCUT2D eigenvalue weighted by Gasteiger charge is -2.06. The van der Waals surface area contributed by atoms with Crippen LogP contribution < -0.4 is 10.6 Å². The summed E-state index contributed by atoms with van der Waals surface area (Å²) in [6.45, 7) is 0. The Labute approximate surface area is 96.9 Å². The van der Waals surface area contributed by atoms with Crippen LogP contribution in [0.25, 0.3) is 0 Å². The normalized spacial score (nSPS) is 18.5. The molecule has 1 saturated heterocycles. The third-order valence-corrected chi connectivity index (χ3v) is 2.37. The van der Waals surface area contributed by atoms with Crippen molar-refractivity contribution in [2.45, 2.75) is 12.5 Å². The van der Waals surface area contributed by atoms with E-state index in [1.165, 1.54) is 0 Å². The number of carbonyl (C=O) groups excluding carboxylic acids is 3. The zero-order chi connectivity index (χ0) is 12.3. The second-order valence-corrected chi connectivity index (χ2v) is 3.55. The van der Waals surface area contributed by atoms with Gasteiger partial charge in [-0.15, -0.1) is 0 Å². The molecular weight excluding hydrogens is 224 g/mol. The second kappa shape index (κ2) is 4.65. The van der Waals surface area contributed by atoms with Gasteiger partial charge in [0.05, 0.1) is 0 Å². The molecule has 0 radical (unpaired) electrons. The standard InChI is InChI=1S/C11H10N2O4/c14-6-12-8-3-1-7(2-4-8)5-9-10(15)13-11(16)17-9/h1-4,6,9H,5H2,(H,12,14)(H,13,15,16). The van der Waals surface area contributed by atoms with Crippen molar-refractivity contribution < 1.29 is 19.1 Å². The molecule has 0 aliphatic carbocycles. The fourth-order valence-corrected chi connectivity index (χ4v) is 1.55. The second-order valence-electron chi connectivity index (χ2n) is 3.55. The minimum Gasteiger partial charge on any atom is -0.435 e. The summed E-state index contributed by atoms with van der Waals surface area (Å²) in [7, 11) is 0. The van der Waals surface area contributed by atoms with Gasteiger partial charge in [-0.1, -0.05) is 12.1 Å². The Kier molecular flexibility index (Phi) is 3.04. The van der Waals surface area contributed by atoms with Crippen LogP contribution in [0, 0.1) is 0 Å². The van der Waals surface area contributed by atoms with Crippen LogP contribution in [0.4, 0.5) is 10.5 Å². The summed E-state index contributed by atoms with van der Waals surface area (Å²) in [6, 6.07) is 6.92. The van der Waals surface area contributed by atoms with Gasteiger partial charge in [0.2, 0.25) is 6.41 Å². The number of nitrogens with one attached hydrogen (secondary N) is 2. The summed E-state index contributed by atoms with van der Waals surface area (Å²) in [5.41, 5.74) is 1.51. The molecule has 1 aliphatic heterocycles. The van der Waals surface area contributed by atoms with Crippen molar-refractivity contribution in [3.63, 3.8) is 0 Å². The van der Waals surface area contributed by atoms with Gasteiger partial charge in [-0.2, -0.15) is 0 Å². The first kappa shape index (κ1) is 11.1. The van der Waals surface area contributed by atoms with Crippen LogP contribution in [0.15, 0.2) is 24.3 Å². The number of rotatable bonds is 4.